The Hall–Kier alpha value is -2.21. The number of aromatic nitrogens is 3. The maximum Gasteiger partial charge on any atom is 0.335 e. The van der Waals surface area contributed by atoms with Gasteiger partial charge in [0.2, 0.25) is 0 Å². The van der Waals surface area contributed by atoms with Gasteiger partial charge in [-0.25, -0.2) is 9.78 Å². The average molecular weight is 246 g/mol. The summed E-state index contributed by atoms with van der Waals surface area (Å²) in [6, 6.07) is 6.83. The molecule has 1 aromatic carbocycles. The Balaban J connectivity index is 1.75. The molecule has 6 heteroatoms. The Labute approximate surface area is 104 Å². The molecular formula is C12H14N4O2. The number of nitrogens with zero attached hydrogens (tertiary/aromatic N) is 2. The van der Waals surface area contributed by atoms with Crippen LogP contribution in [-0.4, -0.2) is 32.8 Å². The molecule has 2 rings (SSSR count). The number of hydrogen-bond donors (Lipinski definition) is 3. The van der Waals surface area contributed by atoms with Crippen molar-refractivity contribution in [3.05, 3.63) is 47.5 Å². The maximum absolute atomic E-state index is 10.7. The molecule has 0 fully saturated rings. The Kier molecular flexibility index (Phi) is 4.03. The normalized spacial score (nSPS) is 10.4. The smallest absolute Gasteiger partial charge is 0.335 e. The highest BCUT2D eigenvalue weighted by Gasteiger charge is 2.01. The fourth-order valence-electron chi connectivity index (χ4n) is 1.56. The molecule has 94 valence electrons. The van der Waals surface area contributed by atoms with E-state index in [1.807, 2.05) is 12.1 Å². The second-order valence-corrected chi connectivity index (χ2v) is 3.86. The van der Waals surface area contributed by atoms with Crippen molar-refractivity contribution in [1.82, 2.24) is 20.5 Å². The molecule has 6 nitrogen and oxygen atoms in total. The van der Waals surface area contributed by atoms with Crippen LogP contribution in [0.1, 0.15) is 21.7 Å². The molecule has 3 N–H and O–H groups in total. The summed E-state index contributed by atoms with van der Waals surface area (Å²) in [6.07, 6.45) is 2.27. The summed E-state index contributed by atoms with van der Waals surface area (Å²) in [7, 11) is 0. The number of hydrogen-bond acceptors (Lipinski definition) is 4. The molecule has 0 spiro atoms. The number of carbonyl (C=O) groups is 1. The van der Waals surface area contributed by atoms with Crippen molar-refractivity contribution in [2.24, 2.45) is 0 Å². The summed E-state index contributed by atoms with van der Waals surface area (Å²) in [4.78, 5) is 14.7. The predicted molar refractivity (Wildman–Crippen MR) is 65.2 cm³/mol. The highest BCUT2D eigenvalue weighted by atomic mass is 16.4. The number of carboxylic acid groups (broad SMARTS) is 1. The molecule has 0 amide bonds. The van der Waals surface area contributed by atoms with Crippen LogP contribution in [0.5, 0.6) is 0 Å². The number of H-pyrrole nitrogens is 1. The van der Waals surface area contributed by atoms with E-state index in [2.05, 4.69) is 20.5 Å². The number of carboxylic acids is 1. The molecular weight excluding hydrogens is 232 g/mol. The monoisotopic (exact) mass is 246 g/mol. The van der Waals surface area contributed by atoms with Gasteiger partial charge in [-0.3, -0.25) is 5.10 Å². The van der Waals surface area contributed by atoms with Gasteiger partial charge in [-0.15, -0.1) is 0 Å². The lowest BCUT2D eigenvalue weighted by atomic mass is 10.1. The number of rotatable bonds is 6. The number of aromatic carboxylic acids is 1. The molecule has 0 bridgehead atoms. The van der Waals surface area contributed by atoms with Crippen LogP contribution in [-0.2, 0) is 13.0 Å². The van der Waals surface area contributed by atoms with Gasteiger partial charge < -0.3 is 10.4 Å². The second-order valence-electron chi connectivity index (χ2n) is 3.86. The molecule has 0 aliphatic carbocycles. The van der Waals surface area contributed by atoms with Gasteiger partial charge in [0, 0.05) is 19.5 Å². The first-order chi connectivity index (χ1) is 8.75. The van der Waals surface area contributed by atoms with Crippen LogP contribution < -0.4 is 5.32 Å². The van der Waals surface area contributed by atoms with Crippen LogP contribution in [0.25, 0.3) is 0 Å². The van der Waals surface area contributed by atoms with Crippen LogP contribution in [0.15, 0.2) is 30.6 Å². The van der Waals surface area contributed by atoms with E-state index >= 15 is 0 Å². The summed E-state index contributed by atoms with van der Waals surface area (Å²) < 4.78 is 0. The quantitative estimate of drug-likeness (QED) is 0.657. The Morgan fingerprint density at radius 1 is 1.33 bits per heavy atom. The van der Waals surface area contributed by atoms with E-state index in [1.54, 1.807) is 12.1 Å². The van der Waals surface area contributed by atoms with Gasteiger partial charge in [-0.1, -0.05) is 12.1 Å². The molecule has 1 heterocycles. The van der Waals surface area contributed by atoms with Gasteiger partial charge in [-0.2, -0.15) is 5.10 Å². The lowest BCUT2D eigenvalue weighted by Gasteiger charge is -2.04. The zero-order chi connectivity index (χ0) is 12.8. The van der Waals surface area contributed by atoms with Crippen LogP contribution in [0.2, 0.25) is 0 Å². The van der Waals surface area contributed by atoms with Crippen LogP contribution in [0.4, 0.5) is 0 Å². The summed E-state index contributed by atoms with van der Waals surface area (Å²) in [5.74, 6) is -0.0523. The van der Waals surface area contributed by atoms with Crippen LogP contribution >= 0.6 is 0 Å². The molecule has 0 unspecified atom stereocenters. The molecule has 0 saturated heterocycles. The molecule has 0 saturated carbocycles. The Morgan fingerprint density at radius 2 is 2.11 bits per heavy atom. The van der Waals surface area contributed by atoms with Crippen molar-refractivity contribution in [1.29, 1.82) is 0 Å². The predicted octanol–water partition coefficient (Wildman–Crippen LogP) is 0.835. The van der Waals surface area contributed by atoms with Crippen molar-refractivity contribution in [2.45, 2.75) is 13.0 Å². The number of nitrogens with one attached hydrogen (secondary N) is 2. The highest BCUT2D eigenvalue weighted by Crippen LogP contribution is 2.04. The summed E-state index contributed by atoms with van der Waals surface area (Å²) in [6.45, 7) is 1.49. The van der Waals surface area contributed by atoms with E-state index in [1.165, 1.54) is 6.33 Å². The number of aromatic amines is 1. The van der Waals surface area contributed by atoms with Crippen LogP contribution in [0.3, 0.4) is 0 Å². The zero-order valence-electron chi connectivity index (χ0n) is 9.76. The third-order valence-electron chi connectivity index (χ3n) is 2.53. The summed E-state index contributed by atoms with van der Waals surface area (Å²) >= 11 is 0. The van der Waals surface area contributed by atoms with Crippen LogP contribution in [0, 0.1) is 0 Å². The fourth-order valence-corrected chi connectivity index (χ4v) is 1.56. The minimum Gasteiger partial charge on any atom is -0.478 e. The van der Waals surface area contributed by atoms with Gasteiger partial charge in [0.15, 0.2) is 0 Å². The molecule has 1 aromatic heterocycles. The molecule has 0 radical (unpaired) electrons. The first-order valence-electron chi connectivity index (χ1n) is 5.63. The Morgan fingerprint density at radius 3 is 2.72 bits per heavy atom. The summed E-state index contributed by atoms with van der Waals surface area (Å²) in [5.41, 5.74) is 1.36. The topological polar surface area (TPSA) is 90.9 Å². The van der Waals surface area contributed by atoms with Gasteiger partial charge in [-0.05, 0) is 17.7 Å². The first kappa shape index (κ1) is 12.3. The minimum atomic E-state index is -0.903. The van der Waals surface area contributed by atoms with Crippen molar-refractivity contribution in [3.63, 3.8) is 0 Å². The SMILES string of the molecule is O=C(O)c1ccc(CNCCc2ncn[nH]2)cc1. The molecule has 2 aromatic rings. The molecule has 0 atom stereocenters. The maximum atomic E-state index is 10.7. The standard InChI is InChI=1S/C12H14N4O2/c17-12(18)10-3-1-9(2-4-10)7-13-6-5-11-14-8-15-16-11/h1-4,8,13H,5-7H2,(H,17,18)(H,14,15,16). The van der Waals surface area contributed by atoms with Gasteiger partial charge in [0.1, 0.15) is 12.2 Å². The van der Waals surface area contributed by atoms with E-state index in [4.69, 9.17) is 5.11 Å². The molecule has 0 aliphatic heterocycles. The van der Waals surface area contributed by atoms with Crippen molar-refractivity contribution in [2.75, 3.05) is 6.54 Å². The van der Waals surface area contributed by atoms with E-state index in [9.17, 15) is 4.79 Å². The van der Waals surface area contributed by atoms with Gasteiger partial charge in [0.05, 0.1) is 5.56 Å². The van der Waals surface area contributed by atoms with E-state index in [-0.39, 0.29) is 0 Å². The van der Waals surface area contributed by atoms with E-state index in [0.29, 0.717) is 12.1 Å². The van der Waals surface area contributed by atoms with Gasteiger partial charge >= 0.3 is 5.97 Å². The largest absolute Gasteiger partial charge is 0.478 e. The van der Waals surface area contributed by atoms with Crippen molar-refractivity contribution in [3.8, 4) is 0 Å². The number of benzene rings is 1. The van der Waals surface area contributed by atoms with Crippen molar-refractivity contribution < 1.29 is 9.90 Å². The lowest BCUT2D eigenvalue weighted by molar-refractivity contribution is 0.0697. The van der Waals surface area contributed by atoms with Gasteiger partial charge in [0.25, 0.3) is 0 Å². The lowest BCUT2D eigenvalue weighted by Crippen LogP contribution is -2.17. The third kappa shape index (κ3) is 3.39. The Bertz CT molecular complexity index is 493. The van der Waals surface area contributed by atoms with Crippen molar-refractivity contribution >= 4 is 5.97 Å². The second kappa shape index (κ2) is 5.92. The fraction of sp³-hybridized carbons (Fsp3) is 0.250. The van der Waals surface area contributed by atoms with E-state index < -0.39 is 5.97 Å². The molecule has 18 heavy (non-hydrogen) atoms. The van der Waals surface area contributed by atoms with E-state index in [0.717, 1.165) is 24.4 Å². The first-order valence-corrected chi connectivity index (χ1v) is 5.63. The zero-order valence-corrected chi connectivity index (χ0v) is 9.76. The average Bonchev–Trinajstić information content (AvgIpc) is 2.88. The third-order valence-corrected chi connectivity index (χ3v) is 2.53. The summed E-state index contributed by atoms with van der Waals surface area (Å²) in [5, 5.41) is 18.6. The minimum absolute atomic E-state index is 0.306. The highest BCUT2D eigenvalue weighted by molar-refractivity contribution is 5.87. The molecule has 0 aliphatic rings.